The zero-order valence-electron chi connectivity index (χ0n) is 12.5. The van der Waals surface area contributed by atoms with E-state index in [0.717, 1.165) is 19.0 Å². The molecule has 110 valence electrons. The van der Waals surface area contributed by atoms with E-state index < -0.39 is 0 Å². The molecule has 0 aliphatic carbocycles. The molecule has 0 aromatic heterocycles. The molecule has 1 aliphatic rings. The number of amides is 1. The molecule has 1 amide bonds. The quantitative estimate of drug-likeness (QED) is 0.869. The summed E-state index contributed by atoms with van der Waals surface area (Å²) in [4.78, 5) is 13.6. The third kappa shape index (κ3) is 3.57. The van der Waals surface area contributed by atoms with Crippen LogP contribution in [0.4, 0.5) is 10.1 Å². The van der Waals surface area contributed by atoms with Crippen LogP contribution in [0.2, 0.25) is 0 Å². The number of carbonyl (C=O) groups excluding carboxylic acids is 1. The molecule has 0 radical (unpaired) electrons. The van der Waals surface area contributed by atoms with Gasteiger partial charge in [0.05, 0.1) is 13.1 Å². The number of halogens is 1. The molecule has 1 aliphatic heterocycles. The van der Waals surface area contributed by atoms with Gasteiger partial charge in [-0.05, 0) is 50.3 Å². The lowest BCUT2D eigenvalue weighted by molar-refractivity contribution is -0.919. The molecular weight excluding hydrogens is 255 g/mol. The SMILES string of the molecule is Cc1ccc(NC(=O)[C@@H](C)[NH+]2CCC(C)CC2)cc1F. The Hall–Kier alpha value is -1.42. The number of nitrogens with one attached hydrogen (secondary N) is 2. The summed E-state index contributed by atoms with van der Waals surface area (Å²) in [6.45, 7) is 8.00. The fourth-order valence-corrected chi connectivity index (χ4v) is 2.67. The second-order valence-corrected chi connectivity index (χ2v) is 6.02. The van der Waals surface area contributed by atoms with E-state index in [2.05, 4.69) is 12.2 Å². The number of hydrogen-bond donors (Lipinski definition) is 2. The highest BCUT2D eigenvalue weighted by Crippen LogP contribution is 2.13. The van der Waals surface area contributed by atoms with Crippen molar-refractivity contribution in [3.05, 3.63) is 29.6 Å². The van der Waals surface area contributed by atoms with E-state index in [1.54, 1.807) is 19.1 Å². The van der Waals surface area contributed by atoms with Gasteiger partial charge in [-0.25, -0.2) is 4.39 Å². The minimum absolute atomic E-state index is 0.0298. The minimum atomic E-state index is -0.283. The van der Waals surface area contributed by atoms with Gasteiger partial charge < -0.3 is 10.2 Å². The highest BCUT2D eigenvalue weighted by molar-refractivity contribution is 5.93. The summed E-state index contributed by atoms with van der Waals surface area (Å²) >= 11 is 0. The molecule has 0 saturated carbocycles. The van der Waals surface area contributed by atoms with Crippen LogP contribution in [0, 0.1) is 18.7 Å². The number of piperidine rings is 1. The molecule has 20 heavy (non-hydrogen) atoms. The van der Waals surface area contributed by atoms with Gasteiger partial charge in [0.25, 0.3) is 5.91 Å². The van der Waals surface area contributed by atoms with Crippen LogP contribution in [0.5, 0.6) is 0 Å². The van der Waals surface area contributed by atoms with Crippen LogP contribution < -0.4 is 10.2 Å². The van der Waals surface area contributed by atoms with Crippen molar-refractivity contribution in [1.82, 2.24) is 0 Å². The number of rotatable bonds is 3. The molecule has 4 heteroatoms. The lowest BCUT2D eigenvalue weighted by Gasteiger charge is -2.31. The highest BCUT2D eigenvalue weighted by Gasteiger charge is 2.28. The zero-order chi connectivity index (χ0) is 14.7. The maximum Gasteiger partial charge on any atom is 0.282 e. The fraction of sp³-hybridized carbons (Fsp3) is 0.562. The van der Waals surface area contributed by atoms with E-state index >= 15 is 0 Å². The maximum atomic E-state index is 13.5. The molecule has 1 fully saturated rings. The van der Waals surface area contributed by atoms with Crippen LogP contribution in [0.3, 0.4) is 0 Å². The predicted octanol–water partition coefficient (Wildman–Crippen LogP) is 1.78. The van der Waals surface area contributed by atoms with Crippen molar-refractivity contribution in [2.24, 2.45) is 5.92 Å². The van der Waals surface area contributed by atoms with Crippen molar-refractivity contribution in [1.29, 1.82) is 0 Å². The number of carbonyl (C=O) groups is 1. The molecule has 1 aromatic rings. The Bertz CT molecular complexity index is 481. The van der Waals surface area contributed by atoms with Gasteiger partial charge in [0.1, 0.15) is 5.82 Å². The first-order valence-electron chi connectivity index (χ1n) is 7.39. The number of likely N-dealkylation sites (tertiary alicyclic amines) is 1. The summed E-state index contributed by atoms with van der Waals surface area (Å²) in [6, 6.07) is 4.72. The summed E-state index contributed by atoms with van der Waals surface area (Å²) in [5.41, 5.74) is 1.13. The van der Waals surface area contributed by atoms with Crippen LogP contribution in [0.15, 0.2) is 18.2 Å². The summed E-state index contributed by atoms with van der Waals surface area (Å²) in [7, 11) is 0. The first kappa shape index (κ1) is 15.0. The third-order valence-electron chi connectivity index (χ3n) is 4.36. The van der Waals surface area contributed by atoms with Gasteiger partial charge in [-0.3, -0.25) is 4.79 Å². The van der Waals surface area contributed by atoms with Crippen molar-refractivity contribution in [2.75, 3.05) is 18.4 Å². The Kier molecular flexibility index (Phi) is 4.76. The van der Waals surface area contributed by atoms with Crippen molar-refractivity contribution in [3.8, 4) is 0 Å². The van der Waals surface area contributed by atoms with Gasteiger partial charge in [-0.15, -0.1) is 0 Å². The van der Waals surface area contributed by atoms with Gasteiger partial charge in [0, 0.05) is 5.69 Å². The topological polar surface area (TPSA) is 33.5 Å². The second-order valence-electron chi connectivity index (χ2n) is 6.02. The van der Waals surface area contributed by atoms with Crippen molar-refractivity contribution in [3.63, 3.8) is 0 Å². The first-order valence-corrected chi connectivity index (χ1v) is 7.39. The molecular formula is C16H24FN2O+. The molecule has 1 heterocycles. The van der Waals surface area contributed by atoms with Crippen LogP contribution in [0.1, 0.15) is 32.3 Å². The maximum absolute atomic E-state index is 13.5. The molecule has 0 bridgehead atoms. The molecule has 1 atom stereocenters. The molecule has 1 aromatic carbocycles. The summed E-state index contributed by atoms with van der Waals surface area (Å²) in [5, 5.41) is 2.82. The van der Waals surface area contributed by atoms with Crippen LogP contribution >= 0.6 is 0 Å². The fourth-order valence-electron chi connectivity index (χ4n) is 2.67. The normalized spacial score (nSPS) is 24.2. The van der Waals surface area contributed by atoms with Gasteiger partial charge in [-0.2, -0.15) is 0 Å². The average molecular weight is 279 g/mol. The van der Waals surface area contributed by atoms with E-state index in [-0.39, 0.29) is 17.8 Å². The predicted molar refractivity (Wildman–Crippen MR) is 78.3 cm³/mol. The third-order valence-corrected chi connectivity index (χ3v) is 4.36. The molecule has 3 nitrogen and oxygen atoms in total. The number of hydrogen-bond acceptors (Lipinski definition) is 1. The number of aryl methyl sites for hydroxylation is 1. The van der Waals surface area contributed by atoms with Gasteiger partial charge in [0.15, 0.2) is 6.04 Å². The van der Waals surface area contributed by atoms with Crippen molar-refractivity contribution in [2.45, 2.75) is 39.7 Å². The van der Waals surface area contributed by atoms with E-state index in [1.165, 1.54) is 23.8 Å². The lowest BCUT2D eigenvalue weighted by Crippen LogP contribution is -3.17. The van der Waals surface area contributed by atoms with E-state index in [4.69, 9.17) is 0 Å². The Labute approximate surface area is 120 Å². The van der Waals surface area contributed by atoms with Crippen molar-refractivity contribution >= 4 is 11.6 Å². The molecule has 2 rings (SSSR count). The van der Waals surface area contributed by atoms with Crippen molar-refractivity contribution < 1.29 is 14.1 Å². The molecule has 0 unspecified atom stereocenters. The highest BCUT2D eigenvalue weighted by atomic mass is 19.1. The van der Waals surface area contributed by atoms with E-state index in [9.17, 15) is 9.18 Å². The number of quaternary nitrogens is 1. The monoisotopic (exact) mass is 279 g/mol. The molecule has 0 spiro atoms. The second kappa shape index (κ2) is 6.35. The van der Waals surface area contributed by atoms with E-state index in [1.807, 2.05) is 6.92 Å². The summed E-state index contributed by atoms with van der Waals surface area (Å²) in [5.74, 6) is 0.451. The molecule has 2 N–H and O–H groups in total. The average Bonchev–Trinajstić information content (AvgIpc) is 2.43. The van der Waals surface area contributed by atoms with Crippen LogP contribution in [0.25, 0.3) is 0 Å². The lowest BCUT2D eigenvalue weighted by atomic mass is 9.98. The van der Waals surface area contributed by atoms with Crippen LogP contribution in [-0.4, -0.2) is 25.0 Å². The van der Waals surface area contributed by atoms with Gasteiger partial charge >= 0.3 is 0 Å². The largest absolute Gasteiger partial charge is 0.325 e. The Morgan fingerprint density at radius 3 is 2.65 bits per heavy atom. The number of anilines is 1. The molecule has 1 saturated heterocycles. The Morgan fingerprint density at radius 2 is 2.05 bits per heavy atom. The minimum Gasteiger partial charge on any atom is -0.325 e. The van der Waals surface area contributed by atoms with E-state index in [0.29, 0.717) is 11.3 Å². The zero-order valence-corrected chi connectivity index (χ0v) is 12.5. The standard InChI is InChI=1S/C16H23FN2O/c1-11-6-8-19(9-7-11)13(3)16(20)18-14-5-4-12(2)15(17)10-14/h4-5,10-11,13H,6-9H2,1-3H3,(H,18,20)/p+1/t13-/m1/s1. The Morgan fingerprint density at radius 1 is 1.40 bits per heavy atom. The van der Waals surface area contributed by atoms with Gasteiger partial charge in [0.2, 0.25) is 0 Å². The van der Waals surface area contributed by atoms with Crippen LogP contribution in [-0.2, 0) is 4.79 Å². The number of benzene rings is 1. The first-order chi connectivity index (χ1) is 9.47. The smallest absolute Gasteiger partial charge is 0.282 e. The van der Waals surface area contributed by atoms with Gasteiger partial charge in [-0.1, -0.05) is 13.0 Å². The summed E-state index contributed by atoms with van der Waals surface area (Å²) < 4.78 is 13.5. The Balaban J connectivity index is 1.95. The summed E-state index contributed by atoms with van der Waals surface area (Å²) in [6.07, 6.45) is 2.35.